The molecule has 3 nitrogen and oxygen atoms in total. The van der Waals surface area contributed by atoms with E-state index in [1.807, 2.05) is 11.8 Å². The van der Waals surface area contributed by atoms with Gasteiger partial charge in [-0.25, -0.2) is 0 Å². The molecule has 0 bridgehead atoms. The summed E-state index contributed by atoms with van der Waals surface area (Å²) in [7, 11) is 0. The van der Waals surface area contributed by atoms with Crippen molar-refractivity contribution in [1.82, 2.24) is 10.6 Å². The van der Waals surface area contributed by atoms with E-state index >= 15 is 0 Å². The van der Waals surface area contributed by atoms with Crippen LogP contribution in [-0.4, -0.2) is 35.5 Å². The zero-order valence-corrected chi connectivity index (χ0v) is 11.6. The minimum atomic E-state index is -0.265. The van der Waals surface area contributed by atoms with E-state index in [-0.39, 0.29) is 11.4 Å². The number of nitrogens with one attached hydrogen (secondary N) is 2. The summed E-state index contributed by atoms with van der Waals surface area (Å²) in [6.45, 7) is 3.94. The molecule has 0 saturated carbocycles. The summed E-state index contributed by atoms with van der Waals surface area (Å²) in [5.41, 5.74) is -0.265. The molecule has 2 rings (SSSR count). The van der Waals surface area contributed by atoms with Crippen molar-refractivity contribution in [1.29, 1.82) is 0 Å². The fourth-order valence-corrected chi connectivity index (χ4v) is 4.05. The normalized spacial score (nSPS) is 33.6. The molecule has 1 amide bonds. The first-order chi connectivity index (χ1) is 8.27. The molecular formula is C13H24N2OS. The average molecular weight is 256 g/mol. The maximum Gasteiger partial charge on any atom is 0.240 e. The summed E-state index contributed by atoms with van der Waals surface area (Å²) in [5.74, 6) is 1.49. The highest BCUT2D eigenvalue weighted by Crippen LogP contribution is 2.26. The molecule has 2 aliphatic heterocycles. The smallest absolute Gasteiger partial charge is 0.240 e. The summed E-state index contributed by atoms with van der Waals surface area (Å²) in [5, 5.41) is 7.19. The minimum Gasteiger partial charge on any atom is -0.353 e. The van der Waals surface area contributed by atoms with Crippen molar-refractivity contribution in [3.8, 4) is 0 Å². The molecule has 2 aliphatic rings. The van der Waals surface area contributed by atoms with Gasteiger partial charge in [-0.2, -0.15) is 11.8 Å². The number of amides is 1. The van der Waals surface area contributed by atoms with Crippen molar-refractivity contribution < 1.29 is 4.79 Å². The van der Waals surface area contributed by atoms with Crippen LogP contribution in [0.4, 0.5) is 0 Å². The van der Waals surface area contributed by atoms with Crippen LogP contribution in [0.2, 0.25) is 0 Å². The summed E-state index contributed by atoms with van der Waals surface area (Å²) in [6, 6.07) is 0. The summed E-state index contributed by atoms with van der Waals surface area (Å²) >= 11 is 2.02. The third-order valence-electron chi connectivity index (χ3n) is 4.05. The van der Waals surface area contributed by atoms with E-state index in [1.54, 1.807) is 0 Å². The van der Waals surface area contributed by atoms with Crippen LogP contribution in [0.1, 0.15) is 45.4 Å². The Kier molecular flexibility index (Phi) is 4.74. The molecule has 0 aromatic carbocycles. The van der Waals surface area contributed by atoms with Gasteiger partial charge in [-0.1, -0.05) is 13.3 Å². The second kappa shape index (κ2) is 6.10. The molecule has 17 heavy (non-hydrogen) atoms. The maximum atomic E-state index is 12.3. The van der Waals surface area contributed by atoms with Gasteiger partial charge in [0.05, 0.1) is 5.54 Å². The molecule has 98 valence electrons. The first kappa shape index (κ1) is 13.2. The van der Waals surface area contributed by atoms with Gasteiger partial charge < -0.3 is 10.6 Å². The van der Waals surface area contributed by atoms with Gasteiger partial charge in [-0.3, -0.25) is 4.79 Å². The van der Waals surface area contributed by atoms with E-state index in [0.717, 1.165) is 32.4 Å². The van der Waals surface area contributed by atoms with Crippen LogP contribution in [-0.2, 0) is 4.79 Å². The van der Waals surface area contributed by atoms with Gasteiger partial charge in [0.2, 0.25) is 5.91 Å². The molecule has 2 N–H and O–H groups in total. The Balaban J connectivity index is 1.79. The fourth-order valence-electron chi connectivity index (χ4n) is 2.81. The van der Waals surface area contributed by atoms with Gasteiger partial charge in [0.15, 0.2) is 0 Å². The molecule has 2 heterocycles. The molecular weight excluding hydrogens is 232 g/mol. The Morgan fingerprint density at radius 3 is 2.94 bits per heavy atom. The summed E-state index contributed by atoms with van der Waals surface area (Å²) < 4.78 is 0. The SMILES string of the molecule is CCC1(C(=O)NCC2CCCCS2)CCCN1. The largest absolute Gasteiger partial charge is 0.353 e. The van der Waals surface area contributed by atoms with Crippen LogP contribution >= 0.6 is 11.8 Å². The lowest BCUT2D eigenvalue weighted by atomic mass is 9.93. The summed E-state index contributed by atoms with van der Waals surface area (Å²) in [4.78, 5) is 12.3. The molecule has 0 spiro atoms. The topological polar surface area (TPSA) is 41.1 Å². The zero-order chi connectivity index (χ0) is 12.1. The van der Waals surface area contributed by atoms with Gasteiger partial charge in [0, 0.05) is 11.8 Å². The van der Waals surface area contributed by atoms with E-state index in [0.29, 0.717) is 5.25 Å². The molecule has 2 saturated heterocycles. The predicted molar refractivity (Wildman–Crippen MR) is 73.4 cm³/mol. The van der Waals surface area contributed by atoms with E-state index in [2.05, 4.69) is 17.6 Å². The lowest BCUT2D eigenvalue weighted by Crippen LogP contribution is -2.54. The lowest BCUT2D eigenvalue weighted by Gasteiger charge is -2.28. The number of rotatable bonds is 4. The van der Waals surface area contributed by atoms with Crippen molar-refractivity contribution in [3.05, 3.63) is 0 Å². The maximum absolute atomic E-state index is 12.3. The third kappa shape index (κ3) is 3.16. The van der Waals surface area contributed by atoms with E-state index in [1.165, 1.54) is 25.0 Å². The predicted octanol–water partition coefficient (Wildman–Crippen LogP) is 1.92. The number of thioether (sulfide) groups is 1. The molecule has 0 radical (unpaired) electrons. The lowest BCUT2D eigenvalue weighted by molar-refractivity contribution is -0.127. The second-order valence-electron chi connectivity index (χ2n) is 5.16. The highest BCUT2D eigenvalue weighted by Gasteiger charge is 2.39. The Bertz CT molecular complexity index is 258. The van der Waals surface area contributed by atoms with Gasteiger partial charge in [-0.15, -0.1) is 0 Å². The monoisotopic (exact) mass is 256 g/mol. The molecule has 2 atom stereocenters. The molecule has 0 aliphatic carbocycles. The standard InChI is InChI=1S/C13H24N2OS/c1-2-13(7-5-8-15-13)12(16)14-10-11-6-3-4-9-17-11/h11,15H,2-10H2,1H3,(H,14,16). The van der Waals surface area contributed by atoms with Crippen LogP contribution in [0.5, 0.6) is 0 Å². The highest BCUT2D eigenvalue weighted by molar-refractivity contribution is 7.99. The molecule has 0 aromatic rings. The van der Waals surface area contributed by atoms with E-state index in [9.17, 15) is 4.79 Å². The first-order valence-corrected chi connectivity index (χ1v) is 7.97. The van der Waals surface area contributed by atoms with E-state index in [4.69, 9.17) is 0 Å². The van der Waals surface area contributed by atoms with Crippen molar-refractivity contribution >= 4 is 17.7 Å². The third-order valence-corrected chi connectivity index (χ3v) is 5.44. The molecule has 2 fully saturated rings. The number of hydrogen-bond donors (Lipinski definition) is 2. The van der Waals surface area contributed by atoms with Gasteiger partial charge in [0.1, 0.15) is 0 Å². The van der Waals surface area contributed by atoms with Crippen LogP contribution in [0.25, 0.3) is 0 Å². The Morgan fingerprint density at radius 1 is 1.47 bits per heavy atom. The van der Waals surface area contributed by atoms with Crippen molar-refractivity contribution in [2.45, 2.75) is 56.2 Å². The van der Waals surface area contributed by atoms with Crippen LogP contribution in [0.3, 0.4) is 0 Å². The number of carbonyl (C=O) groups is 1. The van der Waals surface area contributed by atoms with Crippen molar-refractivity contribution in [3.63, 3.8) is 0 Å². The van der Waals surface area contributed by atoms with Crippen molar-refractivity contribution in [2.75, 3.05) is 18.8 Å². The summed E-state index contributed by atoms with van der Waals surface area (Å²) in [6.07, 6.45) is 6.95. The van der Waals surface area contributed by atoms with Crippen molar-refractivity contribution in [2.24, 2.45) is 0 Å². The average Bonchev–Trinajstić information content (AvgIpc) is 2.87. The number of carbonyl (C=O) groups excluding carboxylic acids is 1. The van der Waals surface area contributed by atoms with Crippen LogP contribution in [0.15, 0.2) is 0 Å². The Labute approximate surface area is 108 Å². The Morgan fingerprint density at radius 2 is 2.35 bits per heavy atom. The van der Waals surface area contributed by atoms with Crippen LogP contribution < -0.4 is 10.6 Å². The highest BCUT2D eigenvalue weighted by atomic mass is 32.2. The van der Waals surface area contributed by atoms with Gasteiger partial charge in [0.25, 0.3) is 0 Å². The number of hydrogen-bond acceptors (Lipinski definition) is 3. The Hall–Kier alpha value is -0.220. The quantitative estimate of drug-likeness (QED) is 0.807. The fraction of sp³-hybridized carbons (Fsp3) is 0.923. The van der Waals surface area contributed by atoms with Gasteiger partial charge >= 0.3 is 0 Å². The van der Waals surface area contributed by atoms with Crippen LogP contribution in [0, 0.1) is 0 Å². The zero-order valence-electron chi connectivity index (χ0n) is 10.8. The molecule has 4 heteroatoms. The van der Waals surface area contributed by atoms with E-state index < -0.39 is 0 Å². The van der Waals surface area contributed by atoms with Gasteiger partial charge in [-0.05, 0) is 44.4 Å². The molecule has 2 unspecified atom stereocenters. The molecule has 0 aromatic heterocycles. The second-order valence-corrected chi connectivity index (χ2v) is 6.57. The minimum absolute atomic E-state index is 0.226. The first-order valence-electron chi connectivity index (χ1n) is 6.92.